The number of rotatable bonds is 4. The predicted molar refractivity (Wildman–Crippen MR) is 65.4 cm³/mol. The number of nitro benzene ring substituents is 1. The molecule has 0 spiro atoms. The molecule has 0 aliphatic rings. The zero-order chi connectivity index (χ0) is 15.6. The van der Waals surface area contributed by atoms with Gasteiger partial charge in [0.2, 0.25) is 5.82 Å². The molecule has 21 heavy (non-hydrogen) atoms. The maximum Gasteiger partial charge on any atom is 0.307 e. The average Bonchev–Trinajstić information content (AvgIpc) is 2.41. The predicted octanol–water partition coefficient (Wildman–Crippen LogP) is 3.30. The summed E-state index contributed by atoms with van der Waals surface area (Å²) in [5.41, 5.74) is -0.858. The first-order valence-corrected chi connectivity index (χ1v) is 5.62. The molecular weight excluding hydrogens is 291 g/mol. The van der Waals surface area contributed by atoms with E-state index in [1.165, 1.54) is 6.07 Å². The van der Waals surface area contributed by atoms with Crippen molar-refractivity contribution >= 4 is 5.69 Å². The van der Waals surface area contributed by atoms with Crippen LogP contribution in [0.25, 0.3) is 0 Å². The van der Waals surface area contributed by atoms with Gasteiger partial charge < -0.3 is 9.84 Å². The van der Waals surface area contributed by atoms with Crippen molar-refractivity contribution in [2.45, 2.75) is 6.61 Å². The molecule has 1 N–H and O–H groups in total. The summed E-state index contributed by atoms with van der Waals surface area (Å²) in [7, 11) is 0. The van der Waals surface area contributed by atoms with Crippen molar-refractivity contribution < 1.29 is 27.9 Å². The van der Waals surface area contributed by atoms with Crippen molar-refractivity contribution in [2.24, 2.45) is 0 Å². The van der Waals surface area contributed by atoms with E-state index in [1.807, 2.05) is 0 Å². The summed E-state index contributed by atoms with van der Waals surface area (Å²) in [5.74, 6) is -3.99. The van der Waals surface area contributed by atoms with Crippen molar-refractivity contribution in [3.05, 3.63) is 63.5 Å². The van der Waals surface area contributed by atoms with Crippen molar-refractivity contribution in [3.63, 3.8) is 0 Å². The summed E-state index contributed by atoms with van der Waals surface area (Å²) in [6.07, 6.45) is 0. The molecule has 0 saturated heterocycles. The molecule has 0 aromatic heterocycles. The van der Waals surface area contributed by atoms with Crippen molar-refractivity contribution in [2.75, 3.05) is 0 Å². The van der Waals surface area contributed by atoms with Gasteiger partial charge in [-0.05, 0) is 17.7 Å². The SMILES string of the molecule is O=[N+]([O-])c1cc(F)c(Oc2cc(F)cc(CO)c2)cc1F. The van der Waals surface area contributed by atoms with E-state index in [4.69, 9.17) is 9.84 Å². The number of nitro groups is 1. The molecule has 2 rings (SSSR count). The highest BCUT2D eigenvalue weighted by Crippen LogP contribution is 2.30. The largest absolute Gasteiger partial charge is 0.454 e. The fourth-order valence-corrected chi connectivity index (χ4v) is 1.63. The van der Waals surface area contributed by atoms with Gasteiger partial charge in [0.05, 0.1) is 17.6 Å². The smallest absolute Gasteiger partial charge is 0.307 e. The number of aliphatic hydroxyl groups excluding tert-OH is 1. The number of halogens is 3. The minimum atomic E-state index is -1.28. The molecule has 0 aliphatic heterocycles. The second kappa shape index (κ2) is 5.80. The van der Waals surface area contributed by atoms with Crippen LogP contribution in [-0.2, 0) is 6.61 Å². The lowest BCUT2D eigenvalue weighted by Crippen LogP contribution is -1.97. The fourth-order valence-electron chi connectivity index (χ4n) is 1.63. The lowest BCUT2D eigenvalue weighted by atomic mass is 10.2. The Bertz CT molecular complexity index is 706. The van der Waals surface area contributed by atoms with Gasteiger partial charge in [0.25, 0.3) is 0 Å². The van der Waals surface area contributed by atoms with Crippen LogP contribution in [0.2, 0.25) is 0 Å². The number of nitrogens with zero attached hydrogens (tertiary/aromatic N) is 1. The molecule has 0 bridgehead atoms. The van der Waals surface area contributed by atoms with Gasteiger partial charge in [-0.15, -0.1) is 0 Å². The number of ether oxygens (including phenoxy) is 1. The molecule has 2 aromatic carbocycles. The summed E-state index contributed by atoms with van der Waals surface area (Å²) < 4.78 is 45.2. The van der Waals surface area contributed by atoms with Crippen LogP contribution in [0.5, 0.6) is 11.5 Å². The Morgan fingerprint density at radius 3 is 2.43 bits per heavy atom. The van der Waals surface area contributed by atoms with Gasteiger partial charge in [0, 0.05) is 12.1 Å². The molecule has 0 unspecified atom stereocenters. The first-order valence-electron chi connectivity index (χ1n) is 5.62. The van der Waals surface area contributed by atoms with E-state index in [2.05, 4.69) is 0 Å². The van der Waals surface area contributed by atoms with E-state index in [0.29, 0.717) is 12.1 Å². The van der Waals surface area contributed by atoms with Crippen LogP contribution in [0.1, 0.15) is 5.56 Å². The molecule has 0 radical (unpaired) electrons. The highest BCUT2D eigenvalue weighted by molar-refractivity contribution is 5.42. The Morgan fingerprint density at radius 2 is 1.81 bits per heavy atom. The first kappa shape index (κ1) is 14.8. The molecule has 0 amide bonds. The lowest BCUT2D eigenvalue weighted by molar-refractivity contribution is -0.387. The quantitative estimate of drug-likeness (QED) is 0.694. The molecule has 0 aliphatic carbocycles. The van der Waals surface area contributed by atoms with E-state index in [1.54, 1.807) is 0 Å². The van der Waals surface area contributed by atoms with Gasteiger partial charge in [-0.25, -0.2) is 8.78 Å². The zero-order valence-corrected chi connectivity index (χ0v) is 10.3. The first-order chi connectivity index (χ1) is 9.90. The van der Waals surface area contributed by atoms with Gasteiger partial charge in [-0.2, -0.15) is 4.39 Å². The maximum absolute atomic E-state index is 13.6. The third kappa shape index (κ3) is 3.29. The monoisotopic (exact) mass is 299 g/mol. The molecule has 0 saturated carbocycles. The van der Waals surface area contributed by atoms with E-state index >= 15 is 0 Å². The fraction of sp³-hybridized carbons (Fsp3) is 0.0769. The molecule has 5 nitrogen and oxygen atoms in total. The van der Waals surface area contributed by atoms with Crippen LogP contribution >= 0.6 is 0 Å². The maximum atomic E-state index is 13.6. The third-order valence-electron chi connectivity index (χ3n) is 2.54. The van der Waals surface area contributed by atoms with Gasteiger partial charge in [0.15, 0.2) is 11.6 Å². The Morgan fingerprint density at radius 1 is 1.10 bits per heavy atom. The van der Waals surface area contributed by atoms with Crippen LogP contribution in [0.3, 0.4) is 0 Å². The summed E-state index contributed by atoms with van der Waals surface area (Å²) in [6.45, 7) is -0.467. The molecule has 2 aromatic rings. The van der Waals surface area contributed by atoms with Crippen LogP contribution in [0.15, 0.2) is 30.3 Å². The second-order valence-electron chi connectivity index (χ2n) is 4.05. The van der Waals surface area contributed by atoms with Crippen LogP contribution in [0.4, 0.5) is 18.9 Å². The van der Waals surface area contributed by atoms with Crippen LogP contribution in [-0.4, -0.2) is 10.0 Å². The topological polar surface area (TPSA) is 72.6 Å². The Labute approximate surface area is 116 Å². The Balaban J connectivity index is 2.38. The van der Waals surface area contributed by atoms with E-state index < -0.39 is 40.4 Å². The van der Waals surface area contributed by atoms with E-state index in [-0.39, 0.29) is 11.3 Å². The Hall–Kier alpha value is -2.61. The number of hydrogen-bond donors (Lipinski definition) is 1. The molecule has 0 heterocycles. The number of aliphatic hydroxyl groups is 1. The summed E-state index contributed by atoms with van der Waals surface area (Å²) in [4.78, 5) is 9.38. The van der Waals surface area contributed by atoms with Gasteiger partial charge in [-0.1, -0.05) is 0 Å². The van der Waals surface area contributed by atoms with Gasteiger partial charge in [-0.3, -0.25) is 10.1 Å². The van der Waals surface area contributed by atoms with Crippen molar-refractivity contribution in [1.82, 2.24) is 0 Å². The van der Waals surface area contributed by atoms with E-state index in [9.17, 15) is 23.3 Å². The van der Waals surface area contributed by atoms with E-state index in [0.717, 1.165) is 12.1 Å². The minimum Gasteiger partial charge on any atom is -0.454 e. The van der Waals surface area contributed by atoms with Gasteiger partial charge in [0.1, 0.15) is 11.6 Å². The van der Waals surface area contributed by atoms with Crippen LogP contribution in [0, 0.1) is 27.6 Å². The average molecular weight is 299 g/mol. The van der Waals surface area contributed by atoms with Crippen molar-refractivity contribution in [3.8, 4) is 11.5 Å². The normalized spacial score (nSPS) is 10.5. The highest BCUT2D eigenvalue weighted by Gasteiger charge is 2.20. The standard InChI is InChI=1S/C13H8F3NO4/c14-8-1-7(6-18)2-9(3-8)21-13-5-10(15)12(17(19)20)4-11(13)16/h1-5,18H,6H2. The third-order valence-corrected chi connectivity index (χ3v) is 2.54. The number of benzene rings is 2. The number of hydrogen-bond acceptors (Lipinski definition) is 4. The molecule has 8 heteroatoms. The summed E-state index contributed by atoms with van der Waals surface area (Å²) >= 11 is 0. The molecule has 0 fully saturated rings. The molecule has 0 atom stereocenters. The molecular formula is C13H8F3NO4. The minimum absolute atomic E-state index is 0.174. The van der Waals surface area contributed by atoms with Crippen molar-refractivity contribution in [1.29, 1.82) is 0 Å². The highest BCUT2D eigenvalue weighted by atomic mass is 19.1. The summed E-state index contributed by atoms with van der Waals surface area (Å²) in [6, 6.07) is 4.04. The second-order valence-corrected chi connectivity index (χ2v) is 4.05. The van der Waals surface area contributed by atoms with Gasteiger partial charge >= 0.3 is 5.69 Å². The zero-order valence-electron chi connectivity index (χ0n) is 10.3. The Kier molecular flexibility index (Phi) is 4.08. The lowest BCUT2D eigenvalue weighted by Gasteiger charge is -2.08. The summed E-state index contributed by atoms with van der Waals surface area (Å²) in [5, 5.41) is 19.4. The molecule has 110 valence electrons. The van der Waals surface area contributed by atoms with Crippen LogP contribution < -0.4 is 4.74 Å².